The van der Waals surface area contributed by atoms with Gasteiger partial charge in [-0.05, 0) is 98.3 Å². The SMILES string of the molecule is C1=CC(c2cc(-c3nc(-c4ccccc4)cc(-c4ccccc4)n3)cc(-c3c4ccccc4cc4ccccc34)c2)=CC=C(c2ccccn2)C1. The van der Waals surface area contributed by atoms with E-state index >= 15 is 0 Å². The van der Waals surface area contributed by atoms with Gasteiger partial charge in [0.25, 0.3) is 0 Å². The molecule has 0 unspecified atom stereocenters. The Bertz CT molecular complexity index is 2520. The monoisotopic (exact) mass is 651 g/mol. The molecular formula is C48H33N3. The molecule has 0 saturated carbocycles. The van der Waals surface area contributed by atoms with E-state index in [9.17, 15) is 0 Å². The molecule has 0 radical (unpaired) electrons. The van der Waals surface area contributed by atoms with Crippen molar-refractivity contribution in [1.82, 2.24) is 15.0 Å². The van der Waals surface area contributed by atoms with Gasteiger partial charge < -0.3 is 0 Å². The summed E-state index contributed by atoms with van der Waals surface area (Å²) in [4.78, 5) is 15.1. The molecule has 1 aliphatic rings. The second kappa shape index (κ2) is 13.3. The molecule has 0 aliphatic heterocycles. The third-order valence-corrected chi connectivity index (χ3v) is 9.54. The molecule has 0 fully saturated rings. The van der Waals surface area contributed by atoms with Crippen molar-refractivity contribution in [3.8, 4) is 45.0 Å². The number of nitrogens with zero attached hydrogens (tertiary/aromatic N) is 3. The van der Waals surface area contributed by atoms with Crippen LogP contribution in [0.4, 0.5) is 0 Å². The van der Waals surface area contributed by atoms with Crippen LogP contribution in [0.2, 0.25) is 0 Å². The normalized spacial score (nSPS) is 12.8. The Hall–Kier alpha value is -6.71. The first-order valence-corrected chi connectivity index (χ1v) is 17.3. The Labute approximate surface area is 297 Å². The van der Waals surface area contributed by atoms with Crippen LogP contribution in [-0.4, -0.2) is 15.0 Å². The molecule has 0 N–H and O–H groups in total. The smallest absolute Gasteiger partial charge is 0.160 e. The lowest BCUT2D eigenvalue weighted by Gasteiger charge is -2.16. The molecule has 0 bridgehead atoms. The fourth-order valence-corrected chi connectivity index (χ4v) is 7.04. The predicted molar refractivity (Wildman–Crippen MR) is 213 cm³/mol. The maximum absolute atomic E-state index is 5.25. The van der Waals surface area contributed by atoms with Gasteiger partial charge in [0, 0.05) is 22.9 Å². The third kappa shape index (κ3) is 6.07. The molecule has 0 saturated heterocycles. The molecule has 3 nitrogen and oxygen atoms in total. The molecule has 0 amide bonds. The van der Waals surface area contributed by atoms with E-state index in [0.717, 1.165) is 56.9 Å². The van der Waals surface area contributed by atoms with Gasteiger partial charge in [0.1, 0.15) is 0 Å². The third-order valence-electron chi connectivity index (χ3n) is 9.54. The Morgan fingerprint density at radius 3 is 1.67 bits per heavy atom. The van der Waals surface area contributed by atoms with E-state index in [-0.39, 0.29) is 0 Å². The topological polar surface area (TPSA) is 38.7 Å². The second-order valence-corrected chi connectivity index (χ2v) is 12.8. The van der Waals surface area contributed by atoms with Crippen molar-refractivity contribution in [2.24, 2.45) is 0 Å². The standard InChI is InChI=1S/C48H33N3/c1-3-14-34(15-4-1)45-32-46(35-16-5-2-6-17-35)51-48(50-45)41-30-39(33-20-13-21-36(26-25-33)44-24-11-12-27-49-44)29-40(31-41)47-42-22-9-7-18-37(42)28-38-19-8-10-23-43(38)47/h1-20,22-32H,21H2. The Morgan fingerprint density at radius 2 is 1.02 bits per heavy atom. The fourth-order valence-electron chi connectivity index (χ4n) is 7.04. The Kier molecular flexibility index (Phi) is 7.92. The van der Waals surface area contributed by atoms with Crippen molar-refractivity contribution >= 4 is 32.7 Å². The number of fused-ring (bicyclic) bond motifs is 2. The molecule has 1 aliphatic carbocycles. The zero-order valence-corrected chi connectivity index (χ0v) is 27.9. The van der Waals surface area contributed by atoms with Crippen molar-refractivity contribution in [3.05, 3.63) is 199 Å². The van der Waals surface area contributed by atoms with Crippen LogP contribution in [0.1, 0.15) is 17.7 Å². The van der Waals surface area contributed by atoms with Crippen molar-refractivity contribution in [2.45, 2.75) is 6.42 Å². The van der Waals surface area contributed by atoms with Crippen LogP contribution in [0.3, 0.4) is 0 Å². The second-order valence-electron chi connectivity index (χ2n) is 12.8. The predicted octanol–water partition coefficient (Wildman–Crippen LogP) is 12.3. The van der Waals surface area contributed by atoms with Crippen LogP contribution in [0.15, 0.2) is 188 Å². The molecule has 9 rings (SSSR count). The highest BCUT2D eigenvalue weighted by atomic mass is 14.9. The number of aromatic nitrogens is 3. The van der Waals surface area contributed by atoms with Gasteiger partial charge in [0.05, 0.1) is 17.1 Å². The minimum absolute atomic E-state index is 0.686. The lowest BCUT2D eigenvalue weighted by atomic mass is 9.89. The summed E-state index contributed by atoms with van der Waals surface area (Å²) in [7, 11) is 0. The van der Waals surface area contributed by atoms with E-state index in [1.165, 1.54) is 32.7 Å². The van der Waals surface area contributed by atoms with Gasteiger partial charge in [-0.1, -0.05) is 140 Å². The zero-order valence-electron chi connectivity index (χ0n) is 27.9. The maximum Gasteiger partial charge on any atom is 0.160 e. The maximum atomic E-state index is 5.25. The first-order valence-electron chi connectivity index (χ1n) is 17.3. The quantitative estimate of drug-likeness (QED) is 0.168. The van der Waals surface area contributed by atoms with Gasteiger partial charge in [-0.25, -0.2) is 9.97 Å². The number of rotatable bonds is 6. The van der Waals surface area contributed by atoms with Crippen LogP contribution < -0.4 is 0 Å². The van der Waals surface area contributed by atoms with Gasteiger partial charge in [-0.3, -0.25) is 4.98 Å². The van der Waals surface area contributed by atoms with Crippen LogP contribution in [0.5, 0.6) is 0 Å². The zero-order chi connectivity index (χ0) is 34.0. The van der Waals surface area contributed by atoms with Crippen LogP contribution >= 0.6 is 0 Å². The molecule has 51 heavy (non-hydrogen) atoms. The molecule has 3 heteroatoms. The Balaban J connectivity index is 1.31. The van der Waals surface area contributed by atoms with Crippen molar-refractivity contribution < 1.29 is 0 Å². The average Bonchev–Trinajstić information content (AvgIpc) is 3.47. The summed E-state index contributed by atoms with van der Waals surface area (Å²) >= 11 is 0. The van der Waals surface area contributed by atoms with E-state index in [1.54, 1.807) is 0 Å². The number of allylic oxidation sites excluding steroid dienone is 6. The molecule has 8 aromatic rings. The Morgan fingerprint density at radius 1 is 0.431 bits per heavy atom. The molecule has 0 spiro atoms. The van der Waals surface area contributed by atoms with Gasteiger partial charge in [-0.2, -0.15) is 0 Å². The summed E-state index contributed by atoms with van der Waals surface area (Å²) in [5, 5.41) is 4.85. The summed E-state index contributed by atoms with van der Waals surface area (Å²) < 4.78 is 0. The van der Waals surface area contributed by atoms with E-state index in [0.29, 0.717) is 5.82 Å². The minimum atomic E-state index is 0.686. The summed E-state index contributed by atoms with van der Waals surface area (Å²) in [6.07, 6.45) is 11.5. The average molecular weight is 652 g/mol. The first kappa shape index (κ1) is 30.4. The van der Waals surface area contributed by atoms with Crippen LogP contribution in [0, 0.1) is 0 Å². The summed E-state index contributed by atoms with van der Waals surface area (Å²) in [5.74, 6) is 0.686. The summed E-state index contributed by atoms with van der Waals surface area (Å²) in [6.45, 7) is 0. The molecule has 6 aromatic carbocycles. The highest BCUT2D eigenvalue weighted by Gasteiger charge is 2.17. The fraction of sp³-hybridized carbons (Fsp3) is 0.0208. The van der Waals surface area contributed by atoms with Gasteiger partial charge in [-0.15, -0.1) is 0 Å². The molecule has 0 atom stereocenters. The molecule has 240 valence electrons. The van der Waals surface area contributed by atoms with Crippen molar-refractivity contribution in [1.29, 1.82) is 0 Å². The van der Waals surface area contributed by atoms with Crippen LogP contribution in [-0.2, 0) is 0 Å². The van der Waals surface area contributed by atoms with E-state index < -0.39 is 0 Å². The van der Waals surface area contributed by atoms with Gasteiger partial charge in [0.2, 0.25) is 0 Å². The summed E-state index contributed by atoms with van der Waals surface area (Å²) in [5.41, 5.74) is 11.6. The first-order chi connectivity index (χ1) is 25.3. The van der Waals surface area contributed by atoms with Crippen molar-refractivity contribution in [3.63, 3.8) is 0 Å². The van der Waals surface area contributed by atoms with Crippen LogP contribution in [0.25, 0.3) is 77.7 Å². The van der Waals surface area contributed by atoms with E-state index in [1.807, 2.05) is 30.5 Å². The molecule has 2 aromatic heterocycles. The number of hydrogen-bond donors (Lipinski definition) is 0. The minimum Gasteiger partial charge on any atom is -0.257 e. The largest absolute Gasteiger partial charge is 0.257 e. The highest BCUT2D eigenvalue weighted by molar-refractivity contribution is 6.13. The van der Waals surface area contributed by atoms with Gasteiger partial charge in [0.15, 0.2) is 5.82 Å². The van der Waals surface area contributed by atoms with Crippen molar-refractivity contribution in [2.75, 3.05) is 0 Å². The number of pyridine rings is 1. The number of hydrogen-bond acceptors (Lipinski definition) is 3. The molecule has 2 heterocycles. The highest BCUT2D eigenvalue weighted by Crippen LogP contribution is 2.40. The lowest BCUT2D eigenvalue weighted by molar-refractivity contribution is 1.18. The molecular weight excluding hydrogens is 619 g/mol. The van der Waals surface area contributed by atoms with Gasteiger partial charge >= 0.3 is 0 Å². The van der Waals surface area contributed by atoms with E-state index in [2.05, 4.69) is 163 Å². The van der Waals surface area contributed by atoms with E-state index in [4.69, 9.17) is 9.97 Å². The lowest BCUT2D eigenvalue weighted by Crippen LogP contribution is -1.97. The summed E-state index contributed by atoms with van der Waals surface area (Å²) in [6, 6.07) is 55.4. The number of benzene rings is 6.